The molecule has 1 aliphatic rings. The van der Waals surface area contributed by atoms with Gasteiger partial charge in [0.25, 0.3) is 11.8 Å². The molecule has 0 saturated carbocycles. The molecule has 1 heterocycles. The molecule has 1 N–H and O–H groups in total. The van der Waals surface area contributed by atoms with Crippen molar-refractivity contribution in [2.24, 2.45) is 0 Å². The Morgan fingerprint density at radius 2 is 1.68 bits per heavy atom. The standard InChI is InChI=1S/C24H22N2O2/c1-17-6-4-8-20(16-17)23(27)25-21-13-11-19(12-14-21)24(28)26-15-5-9-18-7-2-3-10-22(18)26/h2-4,6-8,10-14,16H,5,9,15H2,1H3,(H,25,27). The summed E-state index contributed by atoms with van der Waals surface area (Å²) < 4.78 is 0. The van der Waals surface area contributed by atoms with E-state index in [1.54, 1.807) is 30.3 Å². The Morgan fingerprint density at radius 3 is 2.46 bits per heavy atom. The molecule has 0 spiro atoms. The van der Waals surface area contributed by atoms with Gasteiger partial charge in [-0.2, -0.15) is 0 Å². The molecular formula is C24H22N2O2. The van der Waals surface area contributed by atoms with Crippen LogP contribution >= 0.6 is 0 Å². The zero-order valence-corrected chi connectivity index (χ0v) is 15.8. The van der Waals surface area contributed by atoms with Gasteiger partial charge in [-0.1, -0.05) is 35.9 Å². The third-order valence-electron chi connectivity index (χ3n) is 5.03. The lowest BCUT2D eigenvalue weighted by atomic mass is 10.0. The summed E-state index contributed by atoms with van der Waals surface area (Å²) >= 11 is 0. The summed E-state index contributed by atoms with van der Waals surface area (Å²) in [6.45, 7) is 2.68. The molecule has 3 aromatic carbocycles. The fraction of sp³-hybridized carbons (Fsp3) is 0.167. The fourth-order valence-electron chi connectivity index (χ4n) is 3.59. The maximum absolute atomic E-state index is 13.0. The SMILES string of the molecule is Cc1cccc(C(=O)Nc2ccc(C(=O)N3CCCc4ccccc43)cc2)c1. The largest absolute Gasteiger partial charge is 0.322 e. The first-order valence-corrected chi connectivity index (χ1v) is 9.50. The molecule has 0 unspecified atom stereocenters. The van der Waals surface area contributed by atoms with Crippen molar-refractivity contribution in [2.45, 2.75) is 19.8 Å². The van der Waals surface area contributed by atoms with Crippen LogP contribution in [0.25, 0.3) is 0 Å². The highest BCUT2D eigenvalue weighted by atomic mass is 16.2. The number of benzene rings is 3. The maximum atomic E-state index is 13.0. The molecule has 0 bridgehead atoms. The minimum atomic E-state index is -0.160. The Morgan fingerprint density at radius 1 is 0.893 bits per heavy atom. The number of carbonyl (C=O) groups is 2. The van der Waals surface area contributed by atoms with Crippen molar-refractivity contribution < 1.29 is 9.59 Å². The van der Waals surface area contributed by atoms with E-state index >= 15 is 0 Å². The maximum Gasteiger partial charge on any atom is 0.258 e. The van der Waals surface area contributed by atoms with Crippen molar-refractivity contribution in [1.82, 2.24) is 0 Å². The van der Waals surface area contributed by atoms with Gasteiger partial charge in [0.1, 0.15) is 0 Å². The molecule has 140 valence electrons. The summed E-state index contributed by atoms with van der Waals surface area (Å²) in [7, 11) is 0. The first kappa shape index (κ1) is 18.0. The summed E-state index contributed by atoms with van der Waals surface area (Å²) in [6.07, 6.45) is 1.97. The van der Waals surface area contributed by atoms with E-state index in [-0.39, 0.29) is 11.8 Å². The van der Waals surface area contributed by atoms with E-state index < -0.39 is 0 Å². The lowest BCUT2D eigenvalue weighted by molar-refractivity contribution is 0.0984. The topological polar surface area (TPSA) is 49.4 Å². The van der Waals surface area contributed by atoms with E-state index in [1.807, 2.05) is 48.2 Å². The summed E-state index contributed by atoms with van der Waals surface area (Å²) in [4.78, 5) is 27.2. The van der Waals surface area contributed by atoms with E-state index in [0.29, 0.717) is 16.8 Å². The van der Waals surface area contributed by atoms with Gasteiger partial charge in [-0.05, 0) is 67.8 Å². The van der Waals surface area contributed by atoms with Crippen molar-refractivity contribution in [3.63, 3.8) is 0 Å². The first-order chi connectivity index (χ1) is 13.6. The number of para-hydroxylation sites is 1. The minimum absolute atomic E-state index is 0.0105. The highest BCUT2D eigenvalue weighted by Gasteiger charge is 2.23. The summed E-state index contributed by atoms with van der Waals surface area (Å²) in [5.74, 6) is -0.170. The number of hydrogen-bond acceptors (Lipinski definition) is 2. The Labute approximate surface area is 164 Å². The molecule has 0 fully saturated rings. The van der Waals surface area contributed by atoms with Gasteiger partial charge in [0, 0.05) is 29.0 Å². The number of aryl methyl sites for hydroxylation is 2. The third kappa shape index (κ3) is 3.67. The molecule has 28 heavy (non-hydrogen) atoms. The minimum Gasteiger partial charge on any atom is -0.322 e. The molecule has 3 aromatic rings. The highest BCUT2D eigenvalue weighted by molar-refractivity contribution is 6.08. The average molecular weight is 370 g/mol. The number of hydrogen-bond donors (Lipinski definition) is 1. The molecule has 4 nitrogen and oxygen atoms in total. The van der Waals surface area contributed by atoms with Crippen LogP contribution in [-0.4, -0.2) is 18.4 Å². The summed E-state index contributed by atoms with van der Waals surface area (Å²) in [5, 5.41) is 2.88. The van der Waals surface area contributed by atoms with Gasteiger partial charge in [-0.25, -0.2) is 0 Å². The zero-order valence-electron chi connectivity index (χ0n) is 15.8. The number of nitrogens with zero attached hydrogens (tertiary/aromatic N) is 1. The van der Waals surface area contributed by atoms with Crippen LogP contribution in [0.15, 0.2) is 72.8 Å². The van der Waals surface area contributed by atoms with Crippen LogP contribution in [0.4, 0.5) is 11.4 Å². The van der Waals surface area contributed by atoms with Crippen LogP contribution < -0.4 is 10.2 Å². The van der Waals surface area contributed by atoms with Gasteiger partial charge in [0.2, 0.25) is 0 Å². The molecule has 0 radical (unpaired) electrons. The van der Waals surface area contributed by atoms with E-state index in [9.17, 15) is 9.59 Å². The monoisotopic (exact) mass is 370 g/mol. The molecule has 0 saturated heterocycles. The summed E-state index contributed by atoms with van der Waals surface area (Å²) in [5.41, 5.74) is 5.15. The Hall–Kier alpha value is -3.40. The van der Waals surface area contributed by atoms with Crippen LogP contribution in [0, 0.1) is 6.92 Å². The molecule has 0 aliphatic carbocycles. The second kappa shape index (κ2) is 7.69. The smallest absolute Gasteiger partial charge is 0.258 e. The van der Waals surface area contributed by atoms with Crippen molar-refractivity contribution >= 4 is 23.2 Å². The number of rotatable bonds is 3. The number of carbonyl (C=O) groups excluding carboxylic acids is 2. The molecule has 4 heteroatoms. The lowest BCUT2D eigenvalue weighted by Crippen LogP contribution is -2.35. The van der Waals surface area contributed by atoms with Crippen LogP contribution in [0.5, 0.6) is 0 Å². The molecule has 2 amide bonds. The Kier molecular flexibility index (Phi) is 4.94. The lowest BCUT2D eigenvalue weighted by Gasteiger charge is -2.29. The fourth-order valence-corrected chi connectivity index (χ4v) is 3.59. The van der Waals surface area contributed by atoms with Gasteiger partial charge in [0.05, 0.1) is 0 Å². The van der Waals surface area contributed by atoms with Crippen molar-refractivity contribution in [1.29, 1.82) is 0 Å². The van der Waals surface area contributed by atoms with Gasteiger partial charge in [-0.15, -0.1) is 0 Å². The highest BCUT2D eigenvalue weighted by Crippen LogP contribution is 2.28. The van der Waals surface area contributed by atoms with Crippen molar-refractivity contribution in [3.05, 3.63) is 95.1 Å². The van der Waals surface area contributed by atoms with Crippen LogP contribution in [0.2, 0.25) is 0 Å². The zero-order chi connectivity index (χ0) is 19.5. The van der Waals surface area contributed by atoms with E-state index in [0.717, 1.165) is 30.6 Å². The third-order valence-corrected chi connectivity index (χ3v) is 5.03. The van der Waals surface area contributed by atoms with Gasteiger partial charge in [0.15, 0.2) is 0 Å². The number of amides is 2. The normalized spacial score (nSPS) is 13.0. The predicted molar refractivity (Wildman–Crippen MR) is 112 cm³/mol. The van der Waals surface area contributed by atoms with Crippen LogP contribution in [0.1, 0.15) is 38.3 Å². The summed E-state index contributed by atoms with van der Waals surface area (Å²) in [6, 6.07) is 22.6. The van der Waals surface area contributed by atoms with E-state index in [2.05, 4.69) is 11.4 Å². The van der Waals surface area contributed by atoms with Crippen LogP contribution in [0.3, 0.4) is 0 Å². The molecular weight excluding hydrogens is 348 g/mol. The number of anilines is 2. The van der Waals surface area contributed by atoms with Crippen molar-refractivity contribution in [3.8, 4) is 0 Å². The van der Waals surface area contributed by atoms with E-state index in [4.69, 9.17) is 0 Å². The Bertz CT molecular complexity index is 1020. The van der Waals surface area contributed by atoms with Crippen LogP contribution in [-0.2, 0) is 6.42 Å². The molecule has 4 rings (SSSR count). The number of nitrogens with one attached hydrogen (secondary N) is 1. The van der Waals surface area contributed by atoms with Gasteiger partial charge >= 0.3 is 0 Å². The predicted octanol–water partition coefficient (Wildman–Crippen LogP) is 4.84. The second-order valence-electron chi connectivity index (χ2n) is 7.09. The van der Waals surface area contributed by atoms with E-state index in [1.165, 1.54) is 5.56 Å². The first-order valence-electron chi connectivity index (χ1n) is 9.50. The molecule has 1 aliphatic heterocycles. The quantitative estimate of drug-likeness (QED) is 0.717. The van der Waals surface area contributed by atoms with Crippen molar-refractivity contribution in [2.75, 3.05) is 16.8 Å². The Balaban J connectivity index is 1.49. The van der Waals surface area contributed by atoms with Gasteiger partial charge < -0.3 is 10.2 Å². The average Bonchev–Trinajstić information content (AvgIpc) is 2.73. The number of fused-ring (bicyclic) bond motifs is 1. The van der Waals surface area contributed by atoms with Gasteiger partial charge in [-0.3, -0.25) is 9.59 Å². The molecule has 0 aromatic heterocycles. The molecule has 0 atom stereocenters. The second-order valence-corrected chi connectivity index (χ2v) is 7.09.